The van der Waals surface area contributed by atoms with Crippen LogP contribution in [0, 0.1) is 50.2 Å². The van der Waals surface area contributed by atoms with E-state index in [0.29, 0.717) is 38.5 Å². The standard InChI is InChI=1S/C60H98O28/c1-25-34(65)37(68)43(74)50(82-25)87-45-39(70)35(66)28(19-61)83-51(45)88-46-41(72)40(71)44(48(76)78-8)86-52(46)85-33-12-13-56(4)30(57(33,5)21-62)11-14-59(7)31(56)10-9-26-27-17-54(2,18-32(64)55(27,3)15-16-58(26,59)6)23-80-49-42(73)38(69)36(67)29(84-49)20-79-53-47(75)60(77,22-63)24-81-53/h9,25,27-47,49-53,61-75,77H,10-24H2,1-8H3/t25-,27-,28+,29+,30?,31?,32+,33-,34-,35+,36+,37+,38-,39-,40-,41-,42+,43+,44-,45+,46+,47-,49+,50-,51-,52+,53+,54+,55+,56-,57+,58+,59+,60+/m0/s1. The van der Waals surface area contributed by atoms with E-state index in [2.05, 4.69) is 33.8 Å². The van der Waals surface area contributed by atoms with E-state index in [-0.39, 0.29) is 41.8 Å². The Balaban J connectivity index is 0.869. The molecule has 28 heteroatoms. The number of rotatable bonds is 16. The third-order valence-electron chi connectivity index (χ3n) is 23.8. The summed E-state index contributed by atoms with van der Waals surface area (Å²) in [5, 5.41) is 175. The van der Waals surface area contributed by atoms with Crippen molar-refractivity contribution >= 4 is 5.97 Å². The van der Waals surface area contributed by atoms with Crippen molar-refractivity contribution in [1.82, 2.24) is 0 Å². The first kappa shape index (κ1) is 69.0. The maximum atomic E-state index is 13.2. The summed E-state index contributed by atoms with van der Waals surface area (Å²) in [6.07, 6.45) is -30.9. The van der Waals surface area contributed by atoms with E-state index in [1.165, 1.54) is 12.5 Å². The number of aliphatic hydroxyl groups excluding tert-OH is 15. The highest BCUT2D eigenvalue weighted by Gasteiger charge is 2.70. The monoisotopic (exact) mass is 1270 g/mol. The highest BCUT2D eigenvalue weighted by Crippen LogP contribution is 2.76. The summed E-state index contributed by atoms with van der Waals surface area (Å²) >= 11 is 0. The van der Waals surface area contributed by atoms with Crippen LogP contribution < -0.4 is 0 Å². The number of carbonyl (C=O) groups is 1. The molecule has 5 aliphatic carbocycles. The van der Waals surface area contributed by atoms with Gasteiger partial charge in [-0.1, -0.05) is 53.2 Å². The van der Waals surface area contributed by atoms with Crippen molar-refractivity contribution in [3.05, 3.63) is 11.6 Å². The Kier molecular flexibility index (Phi) is 19.9. The lowest BCUT2D eigenvalue weighted by molar-refractivity contribution is -0.396. The first-order valence-corrected chi connectivity index (χ1v) is 31.2. The summed E-state index contributed by atoms with van der Waals surface area (Å²) in [5.74, 6) is -1.29. The van der Waals surface area contributed by atoms with Crippen molar-refractivity contribution in [3.63, 3.8) is 0 Å². The highest BCUT2D eigenvalue weighted by atomic mass is 16.8. The SMILES string of the molecule is COC(=O)[C@H]1O[C@@H](O[C@H]2CC[C@@]3(C)C(CC[C@]4(C)C3CC=C3[C@@H]5C[C@@](C)(CO[C@@H]6O[C@H](CO[C@@H]7OC[C@](O)(CO)[C@H]7O)[C@@H](O)[C@H](O)[C@H]6O)C[C@@H](O)[C@]5(C)CC[C@]34C)[C@@]2(C)CO)[C@H](O[C@@H]2O[C@H](CO)[C@@H](O)[C@H](O)[C@H]2O[C@@H]2O[C@@H](C)[C@H](O)[C@@H](O)[C@H]2O)[C@@H](O)[C@@H]1O. The van der Waals surface area contributed by atoms with Gasteiger partial charge in [-0.25, -0.2) is 4.79 Å². The predicted octanol–water partition coefficient (Wildman–Crippen LogP) is -3.95. The summed E-state index contributed by atoms with van der Waals surface area (Å²) in [7, 11) is 1.06. The molecule has 10 aliphatic rings. The van der Waals surface area contributed by atoms with Gasteiger partial charge in [0.05, 0.1) is 65.1 Å². The molecule has 9 fully saturated rings. The molecule has 5 saturated heterocycles. The van der Waals surface area contributed by atoms with Crippen LogP contribution in [0.3, 0.4) is 0 Å². The van der Waals surface area contributed by atoms with E-state index in [4.69, 9.17) is 52.1 Å². The zero-order valence-corrected chi connectivity index (χ0v) is 51.3. The van der Waals surface area contributed by atoms with Crippen molar-refractivity contribution in [2.45, 2.75) is 259 Å². The van der Waals surface area contributed by atoms with Crippen molar-refractivity contribution in [2.75, 3.05) is 46.8 Å². The lowest BCUT2D eigenvalue weighted by Crippen LogP contribution is -2.68. The summed E-state index contributed by atoms with van der Waals surface area (Å²) in [6.45, 7) is 11.6. The predicted molar refractivity (Wildman–Crippen MR) is 296 cm³/mol. The summed E-state index contributed by atoms with van der Waals surface area (Å²) in [6, 6.07) is 0. The number of allylic oxidation sites excluding steroid dienone is 2. The molecule has 34 atom stereocenters. The first-order valence-electron chi connectivity index (χ1n) is 31.2. The second kappa shape index (κ2) is 25.4. The van der Waals surface area contributed by atoms with Crippen LogP contribution in [0.5, 0.6) is 0 Å². The van der Waals surface area contributed by atoms with Gasteiger partial charge in [-0.3, -0.25) is 0 Å². The van der Waals surface area contributed by atoms with Gasteiger partial charge in [0.15, 0.2) is 37.6 Å². The number of hydrogen-bond acceptors (Lipinski definition) is 28. The van der Waals surface area contributed by atoms with Gasteiger partial charge in [0, 0.05) is 10.8 Å². The summed E-state index contributed by atoms with van der Waals surface area (Å²) in [4.78, 5) is 13.2. The van der Waals surface area contributed by atoms with Crippen LogP contribution in [0.15, 0.2) is 11.6 Å². The van der Waals surface area contributed by atoms with Gasteiger partial charge < -0.3 is 134 Å². The number of ether oxygens (including phenoxy) is 11. The average molecular weight is 1270 g/mol. The number of esters is 1. The third kappa shape index (κ3) is 11.4. The Hall–Kier alpha value is -1.83. The second-order valence-corrected chi connectivity index (χ2v) is 29.0. The maximum Gasteiger partial charge on any atom is 0.337 e. The fourth-order valence-corrected chi connectivity index (χ4v) is 17.8. The molecule has 0 aromatic rings. The van der Waals surface area contributed by atoms with Crippen LogP contribution in [-0.2, 0) is 56.9 Å². The molecule has 0 radical (unpaired) electrons. The number of fused-ring (bicyclic) bond motifs is 7. The molecule has 5 heterocycles. The summed E-state index contributed by atoms with van der Waals surface area (Å²) in [5.41, 5.74) is -4.00. The minimum atomic E-state index is -2.02. The molecule has 88 heavy (non-hydrogen) atoms. The molecule has 0 amide bonds. The first-order chi connectivity index (χ1) is 41.2. The van der Waals surface area contributed by atoms with Crippen LogP contribution in [0.4, 0.5) is 0 Å². The molecule has 0 bridgehead atoms. The number of carbonyl (C=O) groups excluding carboxylic acids is 1. The largest absolute Gasteiger partial charge is 0.467 e. The van der Waals surface area contributed by atoms with Crippen LogP contribution in [0.1, 0.15) is 106 Å². The molecule has 0 aromatic carbocycles. The van der Waals surface area contributed by atoms with E-state index in [9.17, 15) is 86.5 Å². The molecule has 2 unspecified atom stereocenters. The lowest BCUT2D eigenvalue weighted by Gasteiger charge is -2.72. The van der Waals surface area contributed by atoms with Gasteiger partial charge >= 0.3 is 5.97 Å². The summed E-state index contributed by atoms with van der Waals surface area (Å²) < 4.78 is 65.0. The van der Waals surface area contributed by atoms with Crippen LogP contribution >= 0.6 is 0 Å². The van der Waals surface area contributed by atoms with Crippen molar-refractivity contribution in [2.24, 2.45) is 50.2 Å². The van der Waals surface area contributed by atoms with Gasteiger partial charge in [-0.05, 0) is 104 Å². The van der Waals surface area contributed by atoms with Gasteiger partial charge in [0.1, 0.15) is 97.2 Å². The van der Waals surface area contributed by atoms with Gasteiger partial charge in [-0.2, -0.15) is 0 Å². The van der Waals surface area contributed by atoms with Crippen molar-refractivity contribution in [3.8, 4) is 0 Å². The molecular weight excluding hydrogens is 1170 g/mol. The Morgan fingerprint density at radius 1 is 0.602 bits per heavy atom. The smallest absolute Gasteiger partial charge is 0.337 e. The lowest BCUT2D eigenvalue weighted by atomic mass is 9.33. The van der Waals surface area contributed by atoms with Gasteiger partial charge in [0.25, 0.3) is 0 Å². The zero-order valence-electron chi connectivity index (χ0n) is 51.3. The fraction of sp³-hybridized carbons (Fsp3) is 0.950. The fourth-order valence-electron chi connectivity index (χ4n) is 17.8. The highest BCUT2D eigenvalue weighted by molar-refractivity contribution is 5.75. The Labute approximate surface area is 511 Å². The number of hydrogen-bond donors (Lipinski definition) is 16. The van der Waals surface area contributed by atoms with E-state index < -0.39 is 207 Å². The minimum absolute atomic E-state index is 0.00375. The van der Waals surface area contributed by atoms with Gasteiger partial charge in [0.2, 0.25) is 0 Å². The van der Waals surface area contributed by atoms with Crippen LogP contribution in [0.2, 0.25) is 0 Å². The van der Waals surface area contributed by atoms with E-state index in [1.54, 1.807) is 0 Å². The Bertz CT molecular complexity index is 2470. The van der Waals surface area contributed by atoms with E-state index in [0.717, 1.165) is 26.4 Å². The normalized spacial score (nSPS) is 55.6. The van der Waals surface area contributed by atoms with E-state index >= 15 is 0 Å². The Morgan fingerprint density at radius 2 is 1.23 bits per heavy atom. The molecule has 28 nitrogen and oxygen atoms in total. The quantitative estimate of drug-likeness (QED) is 0.0398. The molecule has 0 spiro atoms. The molecule has 16 N–H and O–H groups in total. The molecule has 0 aromatic heterocycles. The molecule has 10 rings (SSSR count). The Morgan fingerprint density at radius 3 is 1.88 bits per heavy atom. The van der Waals surface area contributed by atoms with Crippen molar-refractivity contribution in [1.29, 1.82) is 0 Å². The van der Waals surface area contributed by atoms with Crippen LogP contribution in [0.25, 0.3) is 0 Å². The zero-order chi connectivity index (χ0) is 64.3. The number of aliphatic hydroxyl groups is 16. The average Bonchev–Trinajstić information content (AvgIpc) is 0.794. The maximum absolute atomic E-state index is 13.2. The van der Waals surface area contributed by atoms with Crippen molar-refractivity contribution < 1.29 is 139 Å². The molecule has 5 aliphatic heterocycles. The topological polar surface area (TPSA) is 442 Å². The molecule has 506 valence electrons. The van der Waals surface area contributed by atoms with Gasteiger partial charge in [-0.15, -0.1) is 0 Å². The number of methoxy groups -OCH3 is 1. The van der Waals surface area contributed by atoms with E-state index in [1.807, 2.05) is 13.8 Å². The second-order valence-electron chi connectivity index (χ2n) is 29.0. The third-order valence-corrected chi connectivity index (χ3v) is 23.8. The minimum Gasteiger partial charge on any atom is -0.467 e. The van der Waals surface area contributed by atoms with Crippen LogP contribution in [-0.4, -0.2) is 287 Å². The molecule has 4 saturated carbocycles. The molecular formula is C60H98O28.